The topological polar surface area (TPSA) is 27.7 Å². The van der Waals surface area contributed by atoms with Crippen molar-refractivity contribution in [1.29, 1.82) is 0 Å². The molecule has 0 aliphatic rings. The van der Waals surface area contributed by atoms with E-state index in [0.717, 1.165) is 45.5 Å². The molecule has 22 heavy (non-hydrogen) atoms. The lowest BCUT2D eigenvalue weighted by atomic mass is 9.95. The maximum Gasteiger partial charge on any atom is 0.504 e. The van der Waals surface area contributed by atoms with E-state index in [0.29, 0.717) is 11.5 Å². The molecule has 0 aromatic rings. The molecule has 0 aromatic heterocycles. The molecule has 2 atom stereocenters. The van der Waals surface area contributed by atoms with E-state index in [1.54, 1.807) is 0 Å². The molecule has 2 unspecified atom stereocenters. The van der Waals surface area contributed by atoms with Gasteiger partial charge < -0.3 is 13.3 Å². The molecular weight excluding hydrogens is 292 g/mol. The molecule has 3 nitrogen and oxygen atoms in total. The molecular formula is C18H40O3Si. The largest absolute Gasteiger partial charge is 0.504 e. The van der Waals surface area contributed by atoms with Gasteiger partial charge in [0.1, 0.15) is 0 Å². The lowest BCUT2D eigenvalue weighted by Gasteiger charge is -2.39. The quantitative estimate of drug-likeness (QED) is 0.354. The molecule has 0 bridgehead atoms. The van der Waals surface area contributed by atoms with Crippen molar-refractivity contribution >= 4 is 8.80 Å². The first-order valence-corrected chi connectivity index (χ1v) is 11.4. The van der Waals surface area contributed by atoms with E-state index < -0.39 is 8.80 Å². The Balaban J connectivity index is 5.36. The number of rotatable bonds is 15. The van der Waals surface area contributed by atoms with Gasteiger partial charge >= 0.3 is 8.80 Å². The van der Waals surface area contributed by atoms with Crippen LogP contribution in [-0.4, -0.2) is 28.6 Å². The molecule has 0 aliphatic carbocycles. The predicted molar refractivity (Wildman–Crippen MR) is 97.2 cm³/mol. The molecule has 134 valence electrons. The fourth-order valence-corrected chi connectivity index (χ4v) is 6.95. The summed E-state index contributed by atoms with van der Waals surface area (Å²) in [5.74, 6) is 0.646. The predicted octanol–water partition coefficient (Wildman–Crippen LogP) is 5.81. The summed E-state index contributed by atoms with van der Waals surface area (Å²) in [5.41, 5.74) is 0.432. The van der Waals surface area contributed by atoms with E-state index in [-0.39, 0.29) is 0 Å². The Morgan fingerprint density at radius 2 is 1.09 bits per heavy atom. The standard InChI is InChI=1S/C18H40O3Si/c1-7-13-17(11-5)18(12-6)22(19-14-8-2,20-15-9-3)21-16-10-4/h17-18H,7-16H2,1-6H3. The van der Waals surface area contributed by atoms with Crippen LogP contribution in [0.1, 0.15) is 86.5 Å². The second-order valence-electron chi connectivity index (χ2n) is 6.12. The van der Waals surface area contributed by atoms with E-state index in [2.05, 4.69) is 41.5 Å². The van der Waals surface area contributed by atoms with Crippen LogP contribution in [-0.2, 0) is 13.3 Å². The minimum Gasteiger partial charge on any atom is -0.373 e. The van der Waals surface area contributed by atoms with Crippen molar-refractivity contribution in [2.24, 2.45) is 5.92 Å². The molecule has 0 aliphatic heterocycles. The summed E-state index contributed by atoms with van der Waals surface area (Å²) in [6.07, 6.45) is 7.77. The van der Waals surface area contributed by atoms with Crippen LogP contribution in [0.4, 0.5) is 0 Å². The molecule has 0 amide bonds. The van der Waals surface area contributed by atoms with Gasteiger partial charge in [0.25, 0.3) is 0 Å². The van der Waals surface area contributed by atoms with E-state index in [1.807, 2.05) is 0 Å². The Morgan fingerprint density at radius 1 is 0.636 bits per heavy atom. The lowest BCUT2D eigenvalue weighted by Crippen LogP contribution is -2.52. The van der Waals surface area contributed by atoms with Crippen LogP contribution in [0.2, 0.25) is 5.54 Å². The van der Waals surface area contributed by atoms with Crippen LogP contribution in [0.15, 0.2) is 0 Å². The Kier molecular flexibility index (Phi) is 13.6. The first kappa shape index (κ1) is 22.1. The highest BCUT2D eigenvalue weighted by Crippen LogP contribution is 2.40. The number of hydrogen-bond donors (Lipinski definition) is 0. The monoisotopic (exact) mass is 332 g/mol. The van der Waals surface area contributed by atoms with Crippen LogP contribution < -0.4 is 0 Å². The average Bonchev–Trinajstić information content (AvgIpc) is 2.55. The average molecular weight is 333 g/mol. The van der Waals surface area contributed by atoms with Gasteiger partial charge in [-0.1, -0.05) is 60.8 Å². The summed E-state index contributed by atoms with van der Waals surface area (Å²) in [6.45, 7) is 15.5. The van der Waals surface area contributed by atoms with Crippen molar-refractivity contribution in [2.75, 3.05) is 19.8 Å². The minimum absolute atomic E-state index is 0.432. The Labute approximate surface area is 140 Å². The molecule has 0 saturated heterocycles. The highest BCUT2D eigenvalue weighted by atomic mass is 28.4. The van der Waals surface area contributed by atoms with Crippen LogP contribution >= 0.6 is 0 Å². The Hall–Kier alpha value is 0.0969. The maximum atomic E-state index is 6.36. The molecule has 0 saturated carbocycles. The SMILES string of the molecule is CCCO[Si](OCCC)(OCCC)C(CC)C(CC)CCC. The zero-order valence-electron chi connectivity index (χ0n) is 16.0. The molecule has 0 heterocycles. The van der Waals surface area contributed by atoms with Gasteiger partial charge in [0.05, 0.1) is 0 Å². The fraction of sp³-hybridized carbons (Fsp3) is 1.00. The smallest absolute Gasteiger partial charge is 0.373 e. The summed E-state index contributed by atoms with van der Waals surface area (Å²) in [6, 6.07) is 0. The van der Waals surface area contributed by atoms with E-state index >= 15 is 0 Å². The third-order valence-electron chi connectivity index (χ3n) is 4.17. The summed E-state index contributed by atoms with van der Waals surface area (Å²) in [5, 5.41) is 0. The summed E-state index contributed by atoms with van der Waals surface area (Å²) >= 11 is 0. The summed E-state index contributed by atoms with van der Waals surface area (Å²) < 4.78 is 19.1. The minimum atomic E-state index is -2.61. The Morgan fingerprint density at radius 3 is 1.36 bits per heavy atom. The van der Waals surface area contributed by atoms with Crippen molar-refractivity contribution in [3.63, 3.8) is 0 Å². The first-order chi connectivity index (χ1) is 10.7. The van der Waals surface area contributed by atoms with Gasteiger partial charge in [0, 0.05) is 25.4 Å². The van der Waals surface area contributed by atoms with Crippen molar-refractivity contribution in [3.05, 3.63) is 0 Å². The van der Waals surface area contributed by atoms with Crippen molar-refractivity contribution in [3.8, 4) is 0 Å². The van der Waals surface area contributed by atoms with E-state index in [9.17, 15) is 0 Å². The zero-order chi connectivity index (χ0) is 16.8. The highest BCUT2D eigenvalue weighted by molar-refractivity contribution is 6.62. The molecule has 0 N–H and O–H groups in total. The second-order valence-corrected chi connectivity index (χ2v) is 8.94. The first-order valence-electron chi connectivity index (χ1n) is 9.57. The van der Waals surface area contributed by atoms with Crippen LogP contribution in [0.5, 0.6) is 0 Å². The van der Waals surface area contributed by atoms with Gasteiger partial charge in [0.2, 0.25) is 0 Å². The molecule has 0 spiro atoms. The molecule has 0 radical (unpaired) electrons. The van der Waals surface area contributed by atoms with Crippen molar-refractivity contribution in [1.82, 2.24) is 0 Å². The van der Waals surface area contributed by atoms with Gasteiger partial charge in [-0.2, -0.15) is 0 Å². The van der Waals surface area contributed by atoms with Gasteiger partial charge in [-0.3, -0.25) is 0 Å². The third kappa shape index (κ3) is 7.11. The number of hydrogen-bond acceptors (Lipinski definition) is 3. The summed E-state index contributed by atoms with van der Waals surface area (Å²) in [4.78, 5) is 0. The maximum absolute atomic E-state index is 6.36. The van der Waals surface area contributed by atoms with Crippen LogP contribution in [0, 0.1) is 5.92 Å². The van der Waals surface area contributed by atoms with Crippen molar-refractivity contribution < 1.29 is 13.3 Å². The van der Waals surface area contributed by atoms with Gasteiger partial charge in [-0.25, -0.2) is 0 Å². The molecule has 4 heteroatoms. The van der Waals surface area contributed by atoms with Gasteiger partial charge in [-0.05, 0) is 31.6 Å². The van der Waals surface area contributed by atoms with E-state index in [1.165, 1.54) is 19.3 Å². The highest BCUT2D eigenvalue weighted by Gasteiger charge is 2.51. The van der Waals surface area contributed by atoms with Gasteiger partial charge in [-0.15, -0.1) is 0 Å². The zero-order valence-corrected chi connectivity index (χ0v) is 17.0. The van der Waals surface area contributed by atoms with Gasteiger partial charge in [0.15, 0.2) is 0 Å². The molecule has 0 rings (SSSR count). The molecule has 0 aromatic carbocycles. The second kappa shape index (κ2) is 13.5. The van der Waals surface area contributed by atoms with E-state index in [4.69, 9.17) is 13.3 Å². The normalized spacial score (nSPS) is 15.0. The fourth-order valence-electron chi connectivity index (χ4n) is 3.11. The van der Waals surface area contributed by atoms with Crippen LogP contribution in [0.25, 0.3) is 0 Å². The molecule has 0 fully saturated rings. The third-order valence-corrected chi connectivity index (χ3v) is 7.78. The Bertz CT molecular complexity index is 227. The van der Waals surface area contributed by atoms with Crippen LogP contribution in [0.3, 0.4) is 0 Å². The lowest BCUT2D eigenvalue weighted by molar-refractivity contribution is 0.0407. The van der Waals surface area contributed by atoms with Crippen molar-refractivity contribution in [2.45, 2.75) is 92.0 Å². The summed E-state index contributed by atoms with van der Waals surface area (Å²) in [7, 11) is -2.61.